The van der Waals surface area contributed by atoms with Crippen LogP contribution in [0, 0.1) is 0 Å². The average Bonchev–Trinajstić information content (AvgIpc) is 2.35. The van der Waals surface area contributed by atoms with Gasteiger partial charge in [0.25, 0.3) is 0 Å². The Morgan fingerprint density at radius 3 is 3.00 bits per heavy atom. The van der Waals surface area contributed by atoms with E-state index in [4.69, 9.17) is 4.74 Å². The van der Waals surface area contributed by atoms with E-state index in [1.807, 2.05) is 18.7 Å². The lowest BCUT2D eigenvalue weighted by Crippen LogP contribution is -2.39. The topological polar surface area (TPSA) is 38.3 Å². The van der Waals surface area contributed by atoms with E-state index in [1.165, 1.54) is 12.8 Å². The number of ether oxygens (including phenoxy) is 1. The highest BCUT2D eigenvalue weighted by Crippen LogP contribution is 2.26. The predicted molar refractivity (Wildman–Crippen MR) is 73.4 cm³/mol. The summed E-state index contributed by atoms with van der Waals surface area (Å²) in [5.41, 5.74) is 0. The van der Waals surface area contributed by atoms with Crippen molar-refractivity contribution in [1.29, 1.82) is 0 Å². The lowest BCUT2D eigenvalue weighted by atomic mass is 9.95. The summed E-state index contributed by atoms with van der Waals surface area (Å²) in [6.45, 7) is 3.41. The Balaban J connectivity index is 2.12. The van der Waals surface area contributed by atoms with Crippen LogP contribution in [0.3, 0.4) is 0 Å². The molecule has 17 heavy (non-hydrogen) atoms. The maximum atomic E-state index is 11.7. The van der Waals surface area contributed by atoms with Gasteiger partial charge in [0.2, 0.25) is 5.91 Å². The van der Waals surface area contributed by atoms with Gasteiger partial charge in [-0.3, -0.25) is 4.79 Å². The maximum absolute atomic E-state index is 11.7. The summed E-state index contributed by atoms with van der Waals surface area (Å²) in [6.07, 6.45) is 8.43. The Kier molecular flexibility index (Phi) is 7.69. The third-order valence-corrected chi connectivity index (χ3v) is 4.32. The van der Waals surface area contributed by atoms with Gasteiger partial charge < -0.3 is 10.1 Å². The first kappa shape index (κ1) is 14.8. The van der Waals surface area contributed by atoms with E-state index in [-0.39, 0.29) is 5.91 Å². The van der Waals surface area contributed by atoms with Crippen LogP contribution < -0.4 is 5.32 Å². The SMILES string of the molecule is CCOCCCC(=O)N[C@@H]1CCC[C@@H](SC)C1. The number of carbonyl (C=O) groups is 1. The molecule has 0 aliphatic heterocycles. The summed E-state index contributed by atoms with van der Waals surface area (Å²) in [4.78, 5) is 11.7. The first-order chi connectivity index (χ1) is 8.26. The molecule has 4 heteroatoms. The molecule has 1 fully saturated rings. The molecule has 100 valence electrons. The fourth-order valence-electron chi connectivity index (χ4n) is 2.27. The second-order valence-electron chi connectivity index (χ2n) is 4.59. The molecule has 0 aromatic carbocycles. The zero-order valence-electron chi connectivity index (χ0n) is 11.0. The van der Waals surface area contributed by atoms with Crippen molar-refractivity contribution in [3.8, 4) is 0 Å². The maximum Gasteiger partial charge on any atom is 0.220 e. The van der Waals surface area contributed by atoms with Crippen molar-refractivity contribution in [3.63, 3.8) is 0 Å². The van der Waals surface area contributed by atoms with E-state index in [0.29, 0.717) is 19.1 Å². The van der Waals surface area contributed by atoms with Crippen molar-refractivity contribution in [2.75, 3.05) is 19.5 Å². The Hall–Kier alpha value is -0.220. The third-order valence-electron chi connectivity index (χ3n) is 3.22. The molecule has 2 atom stereocenters. The van der Waals surface area contributed by atoms with Crippen LogP contribution in [0.5, 0.6) is 0 Å². The molecule has 0 unspecified atom stereocenters. The highest BCUT2D eigenvalue weighted by molar-refractivity contribution is 7.99. The summed E-state index contributed by atoms with van der Waals surface area (Å²) in [5, 5.41) is 3.89. The zero-order chi connectivity index (χ0) is 12.5. The minimum absolute atomic E-state index is 0.191. The summed E-state index contributed by atoms with van der Waals surface area (Å²) in [6, 6.07) is 0.404. The van der Waals surface area contributed by atoms with Crippen LogP contribution in [0.4, 0.5) is 0 Å². The number of rotatable bonds is 7. The minimum Gasteiger partial charge on any atom is -0.382 e. The fourth-order valence-corrected chi connectivity index (χ4v) is 3.10. The summed E-state index contributed by atoms with van der Waals surface area (Å²) < 4.78 is 5.22. The van der Waals surface area contributed by atoms with Crippen molar-refractivity contribution in [2.45, 2.75) is 56.7 Å². The van der Waals surface area contributed by atoms with Gasteiger partial charge in [-0.2, -0.15) is 11.8 Å². The standard InChI is InChI=1S/C13H25NO2S/c1-3-16-9-5-8-13(15)14-11-6-4-7-12(10-11)17-2/h11-12H,3-10H2,1-2H3,(H,14,15)/t11-,12-/m1/s1. The lowest BCUT2D eigenvalue weighted by Gasteiger charge is -2.28. The molecule has 0 saturated heterocycles. The Morgan fingerprint density at radius 2 is 2.29 bits per heavy atom. The molecule has 1 amide bonds. The van der Waals surface area contributed by atoms with Crippen molar-refractivity contribution in [2.24, 2.45) is 0 Å². The zero-order valence-corrected chi connectivity index (χ0v) is 11.9. The van der Waals surface area contributed by atoms with E-state index in [2.05, 4.69) is 11.6 Å². The molecule has 1 saturated carbocycles. The molecule has 0 heterocycles. The molecule has 1 aliphatic rings. The molecular formula is C13H25NO2S. The Morgan fingerprint density at radius 1 is 1.47 bits per heavy atom. The number of nitrogens with one attached hydrogen (secondary N) is 1. The fraction of sp³-hybridized carbons (Fsp3) is 0.923. The molecule has 0 radical (unpaired) electrons. The van der Waals surface area contributed by atoms with Gasteiger partial charge in [0.15, 0.2) is 0 Å². The second kappa shape index (κ2) is 8.81. The normalized spacial score (nSPS) is 24.6. The van der Waals surface area contributed by atoms with Gasteiger partial charge >= 0.3 is 0 Å². The number of carbonyl (C=O) groups excluding carboxylic acids is 1. The summed E-state index contributed by atoms with van der Waals surface area (Å²) in [7, 11) is 0. The first-order valence-corrected chi connectivity index (χ1v) is 7.95. The molecular weight excluding hydrogens is 234 g/mol. The molecule has 1 N–H and O–H groups in total. The Labute approximate surface area is 109 Å². The van der Waals surface area contributed by atoms with Gasteiger partial charge in [-0.15, -0.1) is 0 Å². The highest BCUT2D eigenvalue weighted by Gasteiger charge is 2.22. The predicted octanol–water partition coefficient (Wildman–Crippen LogP) is 2.59. The van der Waals surface area contributed by atoms with Crippen LogP contribution in [-0.2, 0) is 9.53 Å². The van der Waals surface area contributed by atoms with Gasteiger partial charge in [-0.05, 0) is 38.9 Å². The Bertz CT molecular complexity index is 223. The van der Waals surface area contributed by atoms with Gasteiger partial charge in [0.05, 0.1) is 0 Å². The van der Waals surface area contributed by atoms with E-state index in [0.717, 1.165) is 31.1 Å². The minimum atomic E-state index is 0.191. The van der Waals surface area contributed by atoms with Crippen LogP contribution in [0.15, 0.2) is 0 Å². The van der Waals surface area contributed by atoms with E-state index in [1.54, 1.807) is 0 Å². The molecule has 0 bridgehead atoms. The first-order valence-electron chi connectivity index (χ1n) is 6.66. The number of hydrogen-bond acceptors (Lipinski definition) is 3. The van der Waals surface area contributed by atoms with Crippen molar-refractivity contribution in [3.05, 3.63) is 0 Å². The van der Waals surface area contributed by atoms with E-state index in [9.17, 15) is 4.79 Å². The van der Waals surface area contributed by atoms with Crippen LogP contribution in [-0.4, -0.2) is 36.7 Å². The number of amides is 1. The van der Waals surface area contributed by atoms with Crippen molar-refractivity contribution in [1.82, 2.24) is 5.32 Å². The highest BCUT2D eigenvalue weighted by atomic mass is 32.2. The molecule has 0 aromatic heterocycles. The van der Waals surface area contributed by atoms with Gasteiger partial charge in [-0.25, -0.2) is 0 Å². The van der Waals surface area contributed by atoms with Crippen LogP contribution in [0.1, 0.15) is 45.4 Å². The molecule has 1 rings (SSSR count). The smallest absolute Gasteiger partial charge is 0.220 e. The third kappa shape index (κ3) is 6.32. The van der Waals surface area contributed by atoms with Crippen LogP contribution in [0.2, 0.25) is 0 Å². The summed E-state index contributed by atoms with van der Waals surface area (Å²) >= 11 is 1.93. The number of thioether (sulfide) groups is 1. The van der Waals surface area contributed by atoms with Gasteiger partial charge in [0, 0.05) is 30.9 Å². The van der Waals surface area contributed by atoms with Gasteiger partial charge in [-0.1, -0.05) is 6.42 Å². The lowest BCUT2D eigenvalue weighted by molar-refractivity contribution is -0.122. The molecule has 0 spiro atoms. The van der Waals surface area contributed by atoms with Crippen molar-refractivity contribution >= 4 is 17.7 Å². The van der Waals surface area contributed by atoms with E-state index < -0.39 is 0 Å². The molecule has 0 aromatic rings. The van der Waals surface area contributed by atoms with E-state index >= 15 is 0 Å². The largest absolute Gasteiger partial charge is 0.382 e. The monoisotopic (exact) mass is 259 g/mol. The molecule has 3 nitrogen and oxygen atoms in total. The summed E-state index contributed by atoms with van der Waals surface area (Å²) in [5.74, 6) is 0.191. The van der Waals surface area contributed by atoms with Gasteiger partial charge in [0.1, 0.15) is 0 Å². The van der Waals surface area contributed by atoms with Crippen LogP contribution in [0.25, 0.3) is 0 Å². The average molecular weight is 259 g/mol. The second-order valence-corrected chi connectivity index (χ2v) is 5.73. The molecule has 1 aliphatic carbocycles. The van der Waals surface area contributed by atoms with Crippen LogP contribution >= 0.6 is 11.8 Å². The number of hydrogen-bond donors (Lipinski definition) is 1. The van der Waals surface area contributed by atoms with Crippen molar-refractivity contribution < 1.29 is 9.53 Å². The quantitative estimate of drug-likeness (QED) is 0.714.